The maximum absolute atomic E-state index is 11.7. The summed E-state index contributed by atoms with van der Waals surface area (Å²) >= 11 is 0. The minimum Gasteiger partial charge on any atom is -0.502 e. The highest BCUT2D eigenvalue weighted by Crippen LogP contribution is 2.14. The number of rotatable bonds is 6. The molecule has 0 saturated carbocycles. The Bertz CT molecular complexity index is 765. The number of hydrogen-bond acceptors (Lipinski definition) is 5. The second-order valence-corrected chi connectivity index (χ2v) is 5.07. The van der Waals surface area contributed by atoms with Gasteiger partial charge in [0.1, 0.15) is 0 Å². The number of benzene rings is 1. The Morgan fingerprint density at radius 2 is 1.88 bits per heavy atom. The average molecular weight is 327 g/mol. The molecule has 0 bridgehead atoms. The van der Waals surface area contributed by atoms with E-state index in [4.69, 9.17) is 9.84 Å². The van der Waals surface area contributed by atoms with E-state index in [1.807, 2.05) is 12.1 Å². The zero-order valence-corrected chi connectivity index (χ0v) is 13.1. The van der Waals surface area contributed by atoms with Gasteiger partial charge in [-0.25, -0.2) is 9.59 Å². The summed E-state index contributed by atoms with van der Waals surface area (Å²) in [7, 11) is 1.35. The van der Waals surface area contributed by atoms with Gasteiger partial charge in [-0.2, -0.15) is 0 Å². The fourth-order valence-electron chi connectivity index (χ4n) is 2.20. The predicted octanol–water partition coefficient (Wildman–Crippen LogP) is 2.64. The lowest BCUT2D eigenvalue weighted by molar-refractivity contribution is -0.135. The minimum absolute atomic E-state index is 0.355. The molecule has 1 heterocycles. The van der Waals surface area contributed by atoms with Crippen LogP contribution in [-0.2, 0) is 22.4 Å². The zero-order chi connectivity index (χ0) is 17.5. The number of nitrogens with zero attached hydrogens (tertiary/aromatic N) is 1. The summed E-state index contributed by atoms with van der Waals surface area (Å²) in [5.74, 6) is -2.53. The first kappa shape index (κ1) is 17.2. The number of hydrogen-bond donors (Lipinski definition) is 2. The molecule has 0 aliphatic heterocycles. The van der Waals surface area contributed by atoms with Gasteiger partial charge in [-0.15, -0.1) is 0 Å². The van der Waals surface area contributed by atoms with E-state index in [-0.39, 0.29) is 5.97 Å². The van der Waals surface area contributed by atoms with Crippen molar-refractivity contribution in [3.63, 3.8) is 0 Å². The Balaban J connectivity index is 2.07. The number of esters is 1. The normalized spacial score (nSPS) is 11.1. The number of methoxy groups -OCH3 is 1. The van der Waals surface area contributed by atoms with E-state index in [0.717, 1.165) is 17.2 Å². The van der Waals surface area contributed by atoms with Crippen LogP contribution in [0.25, 0.3) is 6.08 Å². The third-order valence-electron chi connectivity index (χ3n) is 3.46. The highest BCUT2D eigenvalue weighted by molar-refractivity contribution is 5.91. The van der Waals surface area contributed by atoms with Crippen LogP contribution < -0.4 is 0 Å². The first-order valence-electron chi connectivity index (χ1n) is 7.26. The van der Waals surface area contributed by atoms with Crippen molar-refractivity contribution in [1.82, 2.24) is 4.98 Å². The van der Waals surface area contributed by atoms with Gasteiger partial charge in [0.15, 0.2) is 0 Å². The third kappa shape index (κ3) is 4.42. The summed E-state index contributed by atoms with van der Waals surface area (Å²) in [6, 6.07) is 10.7. The van der Waals surface area contributed by atoms with Crippen molar-refractivity contribution in [3.05, 3.63) is 70.7 Å². The topological polar surface area (TPSA) is 96.7 Å². The van der Waals surface area contributed by atoms with Crippen LogP contribution in [0.2, 0.25) is 0 Å². The SMILES string of the molecule is COC(=O)c1ccccc1CCc1ccc(/C=C(\O)C(=O)O)nc1. The number of aryl methyl sites for hydroxylation is 2. The molecule has 0 radical (unpaired) electrons. The lowest BCUT2D eigenvalue weighted by Gasteiger charge is -2.07. The molecule has 0 atom stereocenters. The molecule has 0 amide bonds. The largest absolute Gasteiger partial charge is 0.502 e. The molecule has 2 N–H and O–H groups in total. The molecule has 0 aliphatic carbocycles. The molecule has 1 aromatic carbocycles. The monoisotopic (exact) mass is 327 g/mol. The smallest absolute Gasteiger partial charge is 0.371 e. The van der Waals surface area contributed by atoms with E-state index in [1.165, 1.54) is 7.11 Å². The lowest BCUT2D eigenvalue weighted by atomic mass is 10.0. The number of carboxylic acids is 1. The fourth-order valence-corrected chi connectivity index (χ4v) is 2.20. The van der Waals surface area contributed by atoms with Crippen LogP contribution in [0.3, 0.4) is 0 Å². The van der Waals surface area contributed by atoms with Gasteiger partial charge >= 0.3 is 11.9 Å². The highest BCUT2D eigenvalue weighted by Gasteiger charge is 2.11. The molecule has 24 heavy (non-hydrogen) atoms. The van der Waals surface area contributed by atoms with E-state index >= 15 is 0 Å². The van der Waals surface area contributed by atoms with Crippen LogP contribution in [0.5, 0.6) is 0 Å². The number of aromatic nitrogens is 1. The molecule has 0 aliphatic rings. The predicted molar refractivity (Wildman–Crippen MR) is 87.7 cm³/mol. The molecule has 124 valence electrons. The standard InChI is InChI=1S/C18H17NO5/c1-24-18(23)15-5-3-2-4-13(15)8-6-12-7-9-14(19-11-12)10-16(20)17(21)22/h2-5,7,9-11,20H,6,8H2,1H3,(H,21,22)/b16-10-. The van der Waals surface area contributed by atoms with Gasteiger partial charge in [0.25, 0.3) is 0 Å². The van der Waals surface area contributed by atoms with E-state index < -0.39 is 11.7 Å². The Labute approximate surface area is 139 Å². The van der Waals surface area contributed by atoms with Gasteiger partial charge in [0.2, 0.25) is 5.76 Å². The summed E-state index contributed by atoms with van der Waals surface area (Å²) in [5, 5.41) is 17.8. The van der Waals surface area contributed by atoms with Gasteiger partial charge in [-0.3, -0.25) is 4.98 Å². The number of carboxylic acid groups (broad SMARTS) is 1. The number of aliphatic hydroxyl groups is 1. The number of ether oxygens (including phenoxy) is 1. The summed E-state index contributed by atoms with van der Waals surface area (Å²) in [4.78, 5) is 26.4. The quantitative estimate of drug-likeness (QED) is 0.481. The molecule has 2 rings (SSSR count). The Morgan fingerprint density at radius 1 is 1.12 bits per heavy atom. The number of aliphatic hydroxyl groups excluding tert-OH is 1. The first-order chi connectivity index (χ1) is 11.5. The van der Waals surface area contributed by atoms with Crippen molar-refractivity contribution < 1.29 is 24.5 Å². The summed E-state index contributed by atoms with van der Waals surface area (Å²) in [5.41, 5.74) is 2.71. The fraction of sp³-hybridized carbons (Fsp3) is 0.167. The zero-order valence-electron chi connectivity index (χ0n) is 13.1. The number of carbonyl (C=O) groups excluding carboxylic acids is 1. The van der Waals surface area contributed by atoms with Crippen molar-refractivity contribution in [1.29, 1.82) is 0 Å². The Kier molecular flexibility index (Phi) is 5.68. The van der Waals surface area contributed by atoms with Crippen LogP contribution >= 0.6 is 0 Å². The van der Waals surface area contributed by atoms with E-state index in [2.05, 4.69) is 4.98 Å². The van der Waals surface area contributed by atoms with Gasteiger partial charge in [-0.05, 0) is 36.1 Å². The average Bonchev–Trinajstić information content (AvgIpc) is 2.60. The van der Waals surface area contributed by atoms with Gasteiger partial charge in [0.05, 0.1) is 18.4 Å². The molecular formula is C18H17NO5. The third-order valence-corrected chi connectivity index (χ3v) is 3.46. The molecule has 0 spiro atoms. The van der Waals surface area contributed by atoms with Crippen LogP contribution in [0.15, 0.2) is 48.4 Å². The van der Waals surface area contributed by atoms with Gasteiger partial charge in [0, 0.05) is 12.3 Å². The Morgan fingerprint density at radius 3 is 2.50 bits per heavy atom. The number of carbonyl (C=O) groups is 2. The molecule has 2 aromatic rings. The van der Waals surface area contributed by atoms with Crippen LogP contribution in [0.4, 0.5) is 0 Å². The minimum atomic E-state index is -1.40. The second-order valence-electron chi connectivity index (χ2n) is 5.07. The molecule has 6 nitrogen and oxygen atoms in total. The second kappa shape index (κ2) is 7.92. The Hall–Kier alpha value is -3.15. The lowest BCUT2D eigenvalue weighted by Crippen LogP contribution is -2.06. The van der Waals surface area contributed by atoms with Crippen molar-refractivity contribution in [2.75, 3.05) is 7.11 Å². The number of pyridine rings is 1. The summed E-state index contributed by atoms with van der Waals surface area (Å²) in [6.07, 6.45) is 4.00. The summed E-state index contributed by atoms with van der Waals surface area (Å²) in [6.45, 7) is 0. The maximum atomic E-state index is 11.7. The van der Waals surface area contributed by atoms with Crippen molar-refractivity contribution in [3.8, 4) is 0 Å². The van der Waals surface area contributed by atoms with Crippen LogP contribution in [0.1, 0.15) is 27.2 Å². The molecule has 6 heteroatoms. The molecule has 1 aromatic heterocycles. The number of aliphatic carboxylic acids is 1. The van der Waals surface area contributed by atoms with Crippen LogP contribution in [-0.4, -0.2) is 34.2 Å². The molecule has 0 unspecified atom stereocenters. The molecule has 0 fully saturated rings. The van der Waals surface area contributed by atoms with Crippen molar-refractivity contribution >= 4 is 18.0 Å². The maximum Gasteiger partial charge on any atom is 0.371 e. The summed E-state index contributed by atoms with van der Waals surface area (Å²) < 4.78 is 4.77. The van der Waals surface area contributed by atoms with Gasteiger partial charge < -0.3 is 14.9 Å². The van der Waals surface area contributed by atoms with Crippen molar-refractivity contribution in [2.45, 2.75) is 12.8 Å². The van der Waals surface area contributed by atoms with E-state index in [1.54, 1.807) is 30.5 Å². The van der Waals surface area contributed by atoms with Crippen molar-refractivity contribution in [2.24, 2.45) is 0 Å². The van der Waals surface area contributed by atoms with Gasteiger partial charge in [-0.1, -0.05) is 24.3 Å². The molecular weight excluding hydrogens is 310 g/mol. The first-order valence-corrected chi connectivity index (χ1v) is 7.26. The van der Waals surface area contributed by atoms with Crippen LogP contribution in [0, 0.1) is 0 Å². The van der Waals surface area contributed by atoms with E-state index in [0.29, 0.717) is 24.1 Å². The molecule has 0 saturated heterocycles. The van der Waals surface area contributed by atoms with E-state index in [9.17, 15) is 14.7 Å². The highest BCUT2D eigenvalue weighted by atomic mass is 16.5.